The lowest BCUT2D eigenvalue weighted by atomic mass is 10.2. The standard InChI is InChI=1S/C12H10N2O.CH4O4S/c1-15-14-8-4-6-10-9-5-2-3-7-11(9)13-12(10)14;1-5-6(2,3)4/h2-8H,1H3;1H3,(H,2,3,4)/i13+1,14+1;. The predicted molar refractivity (Wildman–Crippen MR) is 75.2 cm³/mol. The molecule has 0 aliphatic carbocycles. The smallest absolute Gasteiger partial charge is 0.327 e. The molecule has 0 amide bonds. The average Bonchev–Trinajstić information content (AvgIpc) is 2.85. The van der Waals surface area contributed by atoms with Crippen molar-refractivity contribution < 1.29 is 26.7 Å². The Kier molecular flexibility index (Phi) is 4.41. The molecular formula is C13H14N2O5S. The van der Waals surface area contributed by atoms with Crippen molar-refractivity contribution >= 4 is 32.3 Å². The Morgan fingerprint density at radius 3 is 2.33 bits per heavy atom. The van der Waals surface area contributed by atoms with Gasteiger partial charge < -0.3 is 9.39 Å². The molecule has 3 aromatic rings. The van der Waals surface area contributed by atoms with Crippen molar-refractivity contribution in [2.75, 3.05) is 14.2 Å². The van der Waals surface area contributed by atoms with E-state index in [0.29, 0.717) is 0 Å². The highest BCUT2D eigenvalue weighted by Crippen LogP contribution is 2.21. The van der Waals surface area contributed by atoms with Crippen molar-refractivity contribution in [1.82, 2.24) is 4.98 Å². The first-order chi connectivity index (χ1) is 9.96. The monoisotopic (exact) mass is 312 g/mol. The van der Waals surface area contributed by atoms with E-state index >= 15 is 0 Å². The highest BCUT2D eigenvalue weighted by atomic mass is 32.3. The molecule has 0 atom stereocenters. The Bertz CT molecular complexity index is 857. The van der Waals surface area contributed by atoms with Crippen LogP contribution in [-0.4, -0.2) is 32.2 Å². The number of pyridine rings is 1. The zero-order valence-corrected chi connectivity index (χ0v) is 12.3. The zero-order chi connectivity index (χ0) is 15.5. The molecule has 7 nitrogen and oxygen atoms in total. The topological polar surface area (TPSA) is 95.3 Å². The van der Waals surface area contributed by atoms with Crippen LogP contribution in [-0.2, 0) is 14.6 Å². The second kappa shape index (κ2) is 6.08. The number of aromatic amines is 1. The van der Waals surface area contributed by atoms with E-state index in [-0.39, 0.29) is 0 Å². The summed E-state index contributed by atoms with van der Waals surface area (Å²) < 4.78 is 32.8. The van der Waals surface area contributed by atoms with Gasteiger partial charge in [0.1, 0.15) is 18.8 Å². The van der Waals surface area contributed by atoms with Gasteiger partial charge in [0, 0.05) is 5.39 Å². The molecular weight excluding hydrogens is 298 g/mol. The van der Waals surface area contributed by atoms with Crippen LogP contribution >= 0.6 is 0 Å². The number of hydrogen-bond acceptors (Lipinski definition) is 5. The summed E-state index contributed by atoms with van der Waals surface area (Å²) in [6.45, 7) is 0. The van der Waals surface area contributed by atoms with Crippen LogP contribution in [0.2, 0.25) is 0 Å². The van der Waals surface area contributed by atoms with Crippen LogP contribution in [0.15, 0.2) is 42.6 Å². The van der Waals surface area contributed by atoms with E-state index < -0.39 is 10.4 Å². The number of aromatic nitrogens is 2. The molecule has 112 valence electrons. The van der Waals surface area contributed by atoms with Gasteiger partial charge in [0.05, 0.1) is 12.5 Å². The normalized spacial score (nSPS) is 11.2. The maximum absolute atomic E-state index is 9.22. The molecule has 0 bridgehead atoms. The lowest BCUT2D eigenvalue weighted by Gasteiger charge is -1.98. The maximum atomic E-state index is 9.22. The van der Waals surface area contributed by atoms with Crippen LogP contribution in [0.3, 0.4) is 0 Å². The number of para-hydroxylation sites is 1. The molecule has 0 radical (unpaired) electrons. The number of fused-ring (bicyclic) bond motifs is 3. The molecule has 21 heavy (non-hydrogen) atoms. The van der Waals surface area contributed by atoms with Crippen LogP contribution < -0.4 is 9.57 Å². The highest BCUT2D eigenvalue weighted by Gasteiger charge is 2.13. The first kappa shape index (κ1) is 15.2. The van der Waals surface area contributed by atoms with Gasteiger partial charge in [-0.2, -0.15) is 0 Å². The second-order valence-corrected chi connectivity index (χ2v) is 5.17. The molecule has 0 fully saturated rings. The third-order valence-electron chi connectivity index (χ3n) is 2.83. The van der Waals surface area contributed by atoms with Crippen molar-refractivity contribution in [3.63, 3.8) is 0 Å². The van der Waals surface area contributed by atoms with Crippen molar-refractivity contribution in [3.8, 4) is 0 Å². The van der Waals surface area contributed by atoms with E-state index in [0.717, 1.165) is 18.3 Å². The zero-order valence-electron chi connectivity index (χ0n) is 11.4. The van der Waals surface area contributed by atoms with Gasteiger partial charge in [0.25, 0.3) is 0 Å². The summed E-state index contributed by atoms with van der Waals surface area (Å²) in [4.78, 5) is 8.58. The number of benzene rings is 1. The third kappa shape index (κ3) is 3.48. The minimum atomic E-state index is -4.41. The maximum Gasteiger partial charge on any atom is 0.327 e. The first-order valence-corrected chi connectivity index (χ1v) is 7.26. The van der Waals surface area contributed by atoms with Crippen LogP contribution in [0.4, 0.5) is 0 Å². The quantitative estimate of drug-likeness (QED) is 0.428. The van der Waals surface area contributed by atoms with E-state index in [4.69, 9.17) is 4.84 Å². The lowest BCUT2D eigenvalue weighted by Crippen LogP contribution is -2.40. The van der Waals surface area contributed by atoms with Gasteiger partial charge in [-0.1, -0.05) is 12.1 Å². The van der Waals surface area contributed by atoms with Gasteiger partial charge in [0.2, 0.25) is 10.4 Å². The molecule has 0 saturated carbocycles. The van der Waals surface area contributed by atoms with Crippen molar-refractivity contribution in [2.45, 2.75) is 0 Å². The third-order valence-corrected chi connectivity index (χ3v) is 3.24. The van der Waals surface area contributed by atoms with Gasteiger partial charge >= 0.3 is 5.65 Å². The van der Waals surface area contributed by atoms with Crippen molar-refractivity contribution in [3.05, 3.63) is 42.6 Å². The van der Waals surface area contributed by atoms with Gasteiger partial charge in [-0.05, 0) is 29.0 Å². The van der Waals surface area contributed by atoms with E-state index in [1.807, 2.05) is 24.4 Å². The first-order valence-electron chi connectivity index (χ1n) is 5.93. The van der Waals surface area contributed by atoms with Crippen molar-refractivity contribution in [1.29, 1.82) is 0 Å². The summed E-state index contributed by atoms with van der Waals surface area (Å²) in [5.74, 6) is 0. The summed E-state index contributed by atoms with van der Waals surface area (Å²) in [7, 11) is -1.95. The molecule has 2 heterocycles. The van der Waals surface area contributed by atoms with Crippen molar-refractivity contribution in [2.24, 2.45) is 0 Å². The molecule has 8 heteroatoms. The summed E-state index contributed by atoms with van der Waals surface area (Å²) in [6, 6.07) is 12.3. The molecule has 3 rings (SSSR count). The Hall–Kier alpha value is -2.16. The van der Waals surface area contributed by atoms with Crippen LogP contribution in [0.1, 0.15) is 0 Å². The second-order valence-electron chi connectivity index (χ2n) is 4.02. The van der Waals surface area contributed by atoms with Crippen LogP contribution in [0, 0.1) is 0 Å². The summed E-state index contributed by atoms with van der Waals surface area (Å²) >= 11 is 0. The molecule has 0 saturated heterocycles. The number of nitrogens with zero attached hydrogens (tertiary/aromatic N) is 1. The van der Waals surface area contributed by atoms with Gasteiger partial charge in [-0.3, -0.25) is 4.18 Å². The van der Waals surface area contributed by atoms with E-state index in [1.54, 1.807) is 11.8 Å². The van der Waals surface area contributed by atoms with Gasteiger partial charge in [0.15, 0.2) is 0 Å². The fourth-order valence-corrected chi connectivity index (χ4v) is 1.94. The Morgan fingerprint density at radius 1 is 1.10 bits per heavy atom. The van der Waals surface area contributed by atoms with Gasteiger partial charge in [-0.15, -0.1) is 0 Å². The molecule has 1 aromatic carbocycles. The fourth-order valence-electron chi connectivity index (χ4n) is 1.94. The van der Waals surface area contributed by atoms with Crippen LogP contribution in [0.25, 0.3) is 21.9 Å². The van der Waals surface area contributed by atoms with Crippen LogP contribution in [0.5, 0.6) is 0 Å². The molecule has 2 aromatic heterocycles. The molecule has 0 aliphatic heterocycles. The Balaban J connectivity index is 0.000000232. The van der Waals surface area contributed by atoms with E-state index in [2.05, 4.69) is 27.4 Å². The average molecular weight is 312 g/mol. The summed E-state index contributed by atoms with van der Waals surface area (Å²) in [5, 5.41) is 2.40. The number of hydrogen-bond donors (Lipinski definition) is 1. The van der Waals surface area contributed by atoms with E-state index in [9.17, 15) is 13.0 Å². The minimum Gasteiger partial charge on any atom is -0.726 e. The molecule has 0 spiro atoms. The lowest BCUT2D eigenvalue weighted by molar-refractivity contribution is -0.866. The number of H-pyrrole nitrogens is 1. The SMILES string of the molecule is COS(=O)(=O)[O-].CO[15n+]1cccc2c3ccccc3[15nH]c21. The Labute approximate surface area is 121 Å². The molecule has 0 unspecified atom stereocenters. The fraction of sp³-hybridized carbons (Fsp3) is 0.154. The number of nitrogens with one attached hydrogen (secondary N) is 1. The Morgan fingerprint density at radius 2 is 1.71 bits per heavy atom. The largest absolute Gasteiger partial charge is 0.726 e. The highest BCUT2D eigenvalue weighted by molar-refractivity contribution is 7.80. The summed E-state index contributed by atoms with van der Waals surface area (Å²) in [5.41, 5.74) is 2.12. The van der Waals surface area contributed by atoms with E-state index in [1.165, 1.54) is 10.8 Å². The minimum absolute atomic E-state index is 0.808. The molecule has 0 aliphatic rings. The predicted octanol–water partition coefficient (Wildman–Crippen LogP) is 0.760. The number of rotatable bonds is 2. The molecule has 1 N–H and O–H groups in total. The van der Waals surface area contributed by atoms with Gasteiger partial charge in [-0.25, -0.2) is 13.4 Å². The summed E-state index contributed by atoms with van der Waals surface area (Å²) in [6.07, 6.45) is 1.89.